The quantitative estimate of drug-likeness (QED) is 0.489. The van der Waals surface area contributed by atoms with E-state index in [1.807, 2.05) is 36.4 Å². The molecule has 0 aliphatic carbocycles. The van der Waals surface area contributed by atoms with E-state index in [2.05, 4.69) is 37.9 Å². The Hall–Kier alpha value is -3.67. The fourth-order valence-corrected chi connectivity index (χ4v) is 1.13. The van der Waals surface area contributed by atoms with E-state index in [1.165, 1.54) is 12.5 Å². The van der Waals surface area contributed by atoms with Gasteiger partial charge in [0.15, 0.2) is 0 Å². The van der Waals surface area contributed by atoms with Crippen LogP contribution in [0.1, 0.15) is 18.9 Å². The van der Waals surface area contributed by atoms with Crippen molar-refractivity contribution in [2.45, 2.75) is 13.3 Å². The van der Waals surface area contributed by atoms with Crippen LogP contribution in [0.2, 0.25) is 0 Å². The number of carboxylic acid groups (broad SMARTS) is 3. The molecule has 0 aliphatic heterocycles. The molecule has 0 amide bonds. The van der Waals surface area contributed by atoms with Gasteiger partial charge >= 0.3 is 17.9 Å². The third-order valence-electron chi connectivity index (χ3n) is 2.48. The van der Waals surface area contributed by atoms with Crippen LogP contribution in [0.15, 0.2) is 85.5 Å². The Balaban J connectivity index is 0. The van der Waals surface area contributed by atoms with Crippen molar-refractivity contribution >= 4 is 24.0 Å². The van der Waals surface area contributed by atoms with Gasteiger partial charge in [-0.25, -0.2) is 9.59 Å². The topological polar surface area (TPSA) is 112 Å². The van der Waals surface area contributed by atoms with Crippen molar-refractivity contribution in [2.24, 2.45) is 0 Å². The number of carbonyl (C=O) groups is 3. The SMILES string of the molecule is C=C(C)C(=O)O.C=C(CC(=O)O)C(=O)O.C=CC=CC=Cc1ccccc1. The second-order valence-electron chi connectivity index (χ2n) is 4.96. The minimum Gasteiger partial charge on any atom is -0.481 e. The molecule has 144 valence electrons. The number of rotatable bonds is 7. The molecule has 6 nitrogen and oxygen atoms in total. The highest BCUT2D eigenvalue weighted by Crippen LogP contribution is 2.00. The molecule has 0 fully saturated rings. The summed E-state index contributed by atoms with van der Waals surface area (Å²) in [5.41, 5.74) is 1.09. The first kappa shape index (κ1) is 25.6. The second-order valence-corrected chi connectivity index (χ2v) is 4.96. The van der Waals surface area contributed by atoms with E-state index >= 15 is 0 Å². The Morgan fingerprint density at radius 2 is 1.44 bits per heavy atom. The van der Waals surface area contributed by atoms with Crippen LogP contribution >= 0.6 is 0 Å². The average Bonchev–Trinajstić information content (AvgIpc) is 2.60. The van der Waals surface area contributed by atoms with Gasteiger partial charge in [0, 0.05) is 11.1 Å². The molecule has 0 unspecified atom stereocenters. The maximum Gasteiger partial charge on any atom is 0.331 e. The van der Waals surface area contributed by atoms with E-state index in [-0.39, 0.29) is 11.1 Å². The molecule has 0 saturated carbocycles. The second kappa shape index (κ2) is 15.8. The molecular weight excluding hydrogens is 348 g/mol. The van der Waals surface area contributed by atoms with Crippen molar-refractivity contribution in [3.05, 3.63) is 91.1 Å². The Morgan fingerprint density at radius 1 is 0.926 bits per heavy atom. The lowest BCUT2D eigenvalue weighted by atomic mass is 10.2. The van der Waals surface area contributed by atoms with Crippen LogP contribution in [0.4, 0.5) is 0 Å². The van der Waals surface area contributed by atoms with Crippen molar-refractivity contribution in [1.82, 2.24) is 0 Å². The molecule has 0 atom stereocenters. The van der Waals surface area contributed by atoms with Crippen LogP contribution in [0.5, 0.6) is 0 Å². The van der Waals surface area contributed by atoms with Gasteiger partial charge in [-0.3, -0.25) is 4.79 Å². The first-order valence-electron chi connectivity index (χ1n) is 7.64. The van der Waals surface area contributed by atoms with E-state index in [1.54, 1.807) is 6.08 Å². The summed E-state index contributed by atoms with van der Waals surface area (Å²) >= 11 is 0. The highest BCUT2D eigenvalue weighted by Gasteiger charge is 2.07. The lowest BCUT2D eigenvalue weighted by Crippen LogP contribution is -2.04. The van der Waals surface area contributed by atoms with Gasteiger partial charge in [0.25, 0.3) is 0 Å². The van der Waals surface area contributed by atoms with Crippen molar-refractivity contribution in [1.29, 1.82) is 0 Å². The summed E-state index contributed by atoms with van der Waals surface area (Å²) in [6.45, 7) is 11.2. The fourth-order valence-electron chi connectivity index (χ4n) is 1.13. The van der Waals surface area contributed by atoms with Crippen molar-refractivity contribution in [2.75, 3.05) is 0 Å². The van der Waals surface area contributed by atoms with Crippen LogP contribution in [0, 0.1) is 0 Å². The summed E-state index contributed by atoms with van der Waals surface area (Å²) in [6, 6.07) is 10.2. The van der Waals surface area contributed by atoms with Crippen LogP contribution in [-0.2, 0) is 14.4 Å². The monoisotopic (exact) mass is 372 g/mol. The summed E-state index contributed by atoms with van der Waals surface area (Å²) in [7, 11) is 0. The zero-order valence-corrected chi connectivity index (χ0v) is 15.2. The minimum absolute atomic E-state index is 0.176. The number of allylic oxidation sites excluding steroid dienone is 4. The summed E-state index contributed by atoms with van der Waals surface area (Å²) in [6.07, 6.45) is 9.17. The standard InChI is InChI=1S/C12H12.C5H6O4.C4H6O2/c1-2-3-4-6-9-12-10-7-5-8-11-12;1-3(5(8)9)2-4(6)7;1-3(2)4(5)6/h2-11H,1H2;1-2H2,(H,6,7)(H,8,9);1H2,2H3,(H,5,6). The molecule has 0 aliphatic rings. The minimum atomic E-state index is -1.27. The summed E-state index contributed by atoms with van der Waals surface area (Å²) in [4.78, 5) is 29.3. The molecule has 1 aromatic rings. The highest BCUT2D eigenvalue weighted by atomic mass is 16.4. The molecule has 3 N–H and O–H groups in total. The van der Waals surface area contributed by atoms with Gasteiger partial charge in [-0.15, -0.1) is 0 Å². The molecule has 0 aromatic heterocycles. The largest absolute Gasteiger partial charge is 0.481 e. The summed E-state index contributed by atoms with van der Waals surface area (Å²) in [5, 5.41) is 24.0. The number of hydrogen-bond donors (Lipinski definition) is 3. The van der Waals surface area contributed by atoms with Gasteiger partial charge in [0.05, 0.1) is 6.42 Å². The molecular formula is C21H24O6. The lowest BCUT2D eigenvalue weighted by molar-refractivity contribution is -0.139. The molecule has 0 bridgehead atoms. The maximum atomic E-state index is 9.87. The molecule has 1 rings (SSSR count). The fraction of sp³-hybridized carbons (Fsp3) is 0.0952. The first-order valence-corrected chi connectivity index (χ1v) is 7.64. The molecule has 0 heterocycles. The summed E-state index contributed by atoms with van der Waals surface area (Å²) < 4.78 is 0. The third kappa shape index (κ3) is 18.5. The van der Waals surface area contributed by atoms with Crippen molar-refractivity contribution < 1.29 is 29.7 Å². The third-order valence-corrected chi connectivity index (χ3v) is 2.48. The zero-order valence-electron chi connectivity index (χ0n) is 15.2. The van der Waals surface area contributed by atoms with E-state index in [4.69, 9.17) is 15.3 Å². The smallest absolute Gasteiger partial charge is 0.331 e. The zero-order chi connectivity index (χ0) is 21.2. The molecule has 0 spiro atoms. The van der Waals surface area contributed by atoms with Crippen LogP contribution < -0.4 is 0 Å². The van der Waals surface area contributed by atoms with Crippen LogP contribution in [0.3, 0.4) is 0 Å². The van der Waals surface area contributed by atoms with Crippen LogP contribution in [-0.4, -0.2) is 33.2 Å². The maximum absolute atomic E-state index is 9.87. The van der Waals surface area contributed by atoms with Gasteiger partial charge in [0.2, 0.25) is 0 Å². The van der Waals surface area contributed by atoms with E-state index in [0.717, 1.165) is 0 Å². The van der Waals surface area contributed by atoms with Gasteiger partial charge in [0.1, 0.15) is 0 Å². The van der Waals surface area contributed by atoms with Crippen LogP contribution in [0.25, 0.3) is 6.08 Å². The van der Waals surface area contributed by atoms with E-state index in [0.29, 0.717) is 0 Å². The molecule has 27 heavy (non-hydrogen) atoms. The Kier molecular flexibility index (Phi) is 15.0. The van der Waals surface area contributed by atoms with E-state index < -0.39 is 24.3 Å². The van der Waals surface area contributed by atoms with Gasteiger partial charge in [-0.05, 0) is 12.5 Å². The predicted octanol–water partition coefficient (Wildman–Crippen LogP) is 4.19. The van der Waals surface area contributed by atoms with Gasteiger partial charge in [-0.1, -0.05) is 80.4 Å². The van der Waals surface area contributed by atoms with Crippen molar-refractivity contribution in [3.8, 4) is 0 Å². The number of hydrogen-bond acceptors (Lipinski definition) is 3. The van der Waals surface area contributed by atoms with E-state index in [9.17, 15) is 14.4 Å². The Morgan fingerprint density at radius 3 is 1.78 bits per heavy atom. The van der Waals surface area contributed by atoms with Gasteiger partial charge < -0.3 is 15.3 Å². The Bertz CT molecular complexity index is 699. The molecule has 0 radical (unpaired) electrons. The average molecular weight is 372 g/mol. The molecule has 6 heteroatoms. The molecule has 1 aromatic carbocycles. The molecule has 0 saturated heterocycles. The number of benzene rings is 1. The van der Waals surface area contributed by atoms with Gasteiger partial charge in [-0.2, -0.15) is 0 Å². The Labute approximate surface area is 158 Å². The van der Waals surface area contributed by atoms with Crippen molar-refractivity contribution in [3.63, 3.8) is 0 Å². The number of aliphatic carboxylic acids is 3. The lowest BCUT2D eigenvalue weighted by Gasteiger charge is -1.91. The summed E-state index contributed by atoms with van der Waals surface area (Å²) in [5.74, 6) is -3.38. The normalized spacial score (nSPS) is 9.37. The highest BCUT2D eigenvalue weighted by molar-refractivity contribution is 5.91. The first-order chi connectivity index (χ1) is 12.6. The predicted molar refractivity (Wildman–Crippen MR) is 106 cm³/mol. The number of carboxylic acids is 3.